The first-order chi connectivity index (χ1) is 13.8. The van der Waals surface area contributed by atoms with Crippen LogP contribution in [0.4, 0.5) is 10.5 Å². The van der Waals surface area contributed by atoms with Crippen molar-refractivity contribution >= 4 is 23.1 Å². The van der Waals surface area contributed by atoms with Gasteiger partial charge in [0.1, 0.15) is 5.69 Å². The summed E-state index contributed by atoms with van der Waals surface area (Å²) in [6.45, 7) is 1.57. The topological polar surface area (TPSA) is 81.5 Å². The fourth-order valence-corrected chi connectivity index (χ4v) is 4.16. The molecule has 0 atom stereocenters. The first-order valence-electron chi connectivity index (χ1n) is 9.16. The van der Waals surface area contributed by atoms with E-state index in [1.165, 1.54) is 0 Å². The Labute approximate surface area is 165 Å². The standard InChI is InChI=1S/C19H19N5O3S/c25-19(20-14-1-2-17-18(9-14)27-12-26-17)23-6-3-15(4-7-23)24-10-16(21-22-24)13-5-8-28-11-13/h1-2,5,8-11,15H,3-4,6-7,12H2,(H,20,25). The number of nitrogens with one attached hydrogen (secondary N) is 1. The highest BCUT2D eigenvalue weighted by molar-refractivity contribution is 7.08. The smallest absolute Gasteiger partial charge is 0.321 e. The van der Waals surface area contributed by atoms with Crippen LogP contribution in [0, 0.1) is 0 Å². The second kappa shape index (κ2) is 7.16. The zero-order valence-corrected chi connectivity index (χ0v) is 15.9. The predicted octanol–water partition coefficient (Wildman–Crippen LogP) is 3.60. The van der Waals surface area contributed by atoms with Crippen LogP contribution in [0.1, 0.15) is 18.9 Å². The van der Waals surface area contributed by atoms with Gasteiger partial charge in [-0.15, -0.1) is 5.10 Å². The van der Waals surface area contributed by atoms with Gasteiger partial charge in [0.2, 0.25) is 6.79 Å². The van der Waals surface area contributed by atoms with Gasteiger partial charge in [-0.25, -0.2) is 9.48 Å². The van der Waals surface area contributed by atoms with Crippen LogP contribution in [0.2, 0.25) is 0 Å². The molecule has 8 nitrogen and oxygen atoms in total. The summed E-state index contributed by atoms with van der Waals surface area (Å²) < 4.78 is 12.6. The summed E-state index contributed by atoms with van der Waals surface area (Å²) in [5.41, 5.74) is 2.69. The van der Waals surface area contributed by atoms with Crippen molar-refractivity contribution in [1.29, 1.82) is 0 Å². The fraction of sp³-hybridized carbons (Fsp3) is 0.316. The highest BCUT2D eigenvalue weighted by Crippen LogP contribution is 2.34. The van der Waals surface area contributed by atoms with E-state index >= 15 is 0 Å². The van der Waals surface area contributed by atoms with E-state index in [1.807, 2.05) is 33.3 Å². The number of nitrogens with zero attached hydrogens (tertiary/aromatic N) is 4. The maximum absolute atomic E-state index is 12.6. The molecule has 2 aromatic heterocycles. The summed E-state index contributed by atoms with van der Waals surface area (Å²) in [4.78, 5) is 14.4. The number of rotatable bonds is 3. The summed E-state index contributed by atoms with van der Waals surface area (Å²) in [5, 5.41) is 15.6. The van der Waals surface area contributed by atoms with Gasteiger partial charge in [-0.2, -0.15) is 11.3 Å². The number of ether oxygens (including phenoxy) is 2. The number of fused-ring (bicyclic) bond motifs is 1. The van der Waals surface area contributed by atoms with Crippen LogP contribution in [-0.2, 0) is 0 Å². The fourth-order valence-electron chi connectivity index (χ4n) is 3.51. The van der Waals surface area contributed by atoms with Gasteiger partial charge < -0.3 is 19.7 Å². The molecular weight excluding hydrogens is 378 g/mol. The van der Waals surface area contributed by atoms with Crippen LogP contribution >= 0.6 is 11.3 Å². The number of hydrogen-bond acceptors (Lipinski definition) is 6. The number of carbonyl (C=O) groups excluding carboxylic acids is 1. The Balaban J connectivity index is 1.18. The Morgan fingerprint density at radius 3 is 2.86 bits per heavy atom. The second-order valence-corrected chi connectivity index (χ2v) is 7.59. The maximum Gasteiger partial charge on any atom is 0.321 e. The Hall–Kier alpha value is -3.07. The predicted molar refractivity (Wildman–Crippen MR) is 105 cm³/mol. The summed E-state index contributed by atoms with van der Waals surface area (Å²) >= 11 is 1.65. The van der Waals surface area contributed by atoms with Crippen molar-refractivity contribution < 1.29 is 14.3 Å². The Morgan fingerprint density at radius 1 is 1.18 bits per heavy atom. The van der Waals surface area contributed by atoms with Gasteiger partial charge in [0.05, 0.1) is 12.2 Å². The number of piperidine rings is 1. The van der Waals surface area contributed by atoms with E-state index in [-0.39, 0.29) is 18.9 Å². The molecule has 1 aromatic carbocycles. The van der Waals surface area contributed by atoms with Crippen LogP contribution in [0.3, 0.4) is 0 Å². The summed E-state index contributed by atoms with van der Waals surface area (Å²) in [6, 6.07) is 7.61. The van der Waals surface area contributed by atoms with Crippen molar-refractivity contribution in [1.82, 2.24) is 19.9 Å². The molecule has 9 heteroatoms. The lowest BCUT2D eigenvalue weighted by atomic mass is 10.1. The Kier molecular flexibility index (Phi) is 4.36. The molecule has 0 saturated carbocycles. The van der Waals surface area contributed by atoms with Crippen LogP contribution in [0.5, 0.6) is 11.5 Å². The zero-order valence-electron chi connectivity index (χ0n) is 15.1. The summed E-state index contributed by atoms with van der Waals surface area (Å²) in [6.07, 6.45) is 3.69. The molecule has 0 aliphatic carbocycles. The molecule has 1 N–H and O–H groups in total. The van der Waals surface area contributed by atoms with Gasteiger partial charge in [0, 0.05) is 35.8 Å². The minimum Gasteiger partial charge on any atom is -0.454 e. The number of amides is 2. The van der Waals surface area contributed by atoms with Gasteiger partial charge >= 0.3 is 6.03 Å². The van der Waals surface area contributed by atoms with Gasteiger partial charge in [0.25, 0.3) is 0 Å². The van der Waals surface area contributed by atoms with E-state index in [1.54, 1.807) is 23.5 Å². The summed E-state index contributed by atoms with van der Waals surface area (Å²) in [5.74, 6) is 1.36. The van der Waals surface area contributed by atoms with Crippen LogP contribution < -0.4 is 14.8 Å². The van der Waals surface area contributed by atoms with Crippen molar-refractivity contribution in [2.24, 2.45) is 0 Å². The monoisotopic (exact) mass is 397 g/mol. The number of urea groups is 1. The van der Waals surface area contributed by atoms with Crippen molar-refractivity contribution in [2.45, 2.75) is 18.9 Å². The molecule has 2 aliphatic rings. The quantitative estimate of drug-likeness (QED) is 0.730. The molecule has 4 heterocycles. The largest absolute Gasteiger partial charge is 0.454 e. The molecule has 0 spiro atoms. The molecule has 2 aliphatic heterocycles. The van der Waals surface area contributed by atoms with Crippen LogP contribution in [0.15, 0.2) is 41.2 Å². The molecule has 1 fully saturated rings. The normalized spacial score (nSPS) is 16.4. The number of likely N-dealkylation sites (tertiary alicyclic amines) is 1. The lowest BCUT2D eigenvalue weighted by Crippen LogP contribution is -2.41. The van der Waals surface area contributed by atoms with Gasteiger partial charge in [-0.05, 0) is 36.4 Å². The van der Waals surface area contributed by atoms with E-state index in [9.17, 15) is 4.79 Å². The number of thiophene rings is 1. The number of carbonyl (C=O) groups is 1. The van der Waals surface area contributed by atoms with Crippen molar-refractivity contribution in [3.8, 4) is 22.8 Å². The molecule has 5 rings (SSSR count). The number of hydrogen-bond donors (Lipinski definition) is 1. The van der Waals surface area contributed by atoms with Crippen molar-refractivity contribution in [2.75, 3.05) is 25.2 Å². The molecule has 0 bridgehead atoms. The molecular formula is C19H19N5O3S. The molecule has 0 radical (unpaired) electrons. The molecule has 28 heavy (non-hydrogen) atoms. The third-order valence-electron chi connectivity index (χ3n) is 5.08. The minimum absolute atomic E-state index is 0.102. The maximum atomic E-state index is 12.6. The minimum atomic E-state index is -0.102. The molecule has 1 saturated heterocycles. The SMILES string of the molecule is O=C(Nc1ccc2c(c1)OCO2)N1CCC(n2cc(-c3ccsc3)nn2)CC1. The number of aromatic nitrogens is 3. The van der Waals surface area contributed by atoms with Crippen molar-refractivity contribution in [3.05, 3.63) is 41.2 Å². The first-order valence-corrected chi connectivity index (χ1v) is 10.1. The third kappa shape index (κ3) is 3.29. The summed E-state index contributed by atoms with van der Waals surface area (Å²) in [7, 11) is 0. The molecule has 3 aromatic rings. The molecule has 2 amide bonds. The Morgan fingerprint density at radius 2 is 2.04 bits per heavy atom. The van der Waals surface area contributed by atoms with Gasteiger partial charge in [-0.3, -0.25) is 0 Å². The van der Waals surface area contributed by atoms with E-state index < -0.39 is 0 Å². The Bertz CT molecular complexity index is 979. The lowest BCUT2D eigenvalue weighted by molar-refractivity contribution is 0.174. The van der Waals surface area contributed by atoms with E-state index in [0.29, 0.717) is 30.3 Å². The highest BCUT2D eigenvalue weighted by atomic mass is 32.1. The van der Waals surface area contributed by atoms with E-state index in [2.05, 4.69) is 21.0 Å². The zero-order chi connectivity index (χ0) is 18.9. The van der Waals surface area contributed by atoms with E-state index in [4.69, 9.17) is 9.47 Å². The van der Waals surface area contributed by atoms with Crippen LogP contribution in [0.25, 0.3) is 11.3 Å². The first kappa shape index (κ1) is 17.1. The van der Waals surface area contributed by atoms with E-state index in [0.717, 1.165) is 24.1 Å². The van der Waals surface area contributed by atoms with Gasteiger partial charge in [0.15, 0.2) is 11.5 Å². The average molecular weight is 397 g/mol. The molecule has 144 valence electrons. The van der Waals surface area contributed by atoms with Crippen LogP contribution in [-0.4, -0.2) is 45.8 Å². The molecule has 0 unspecified atom stereocenters. The van der Waals surface area contributed by atoms with Crippen molar-refractivity contribution in [3.63, 3.8) is 0 Å². The van der Waals surface area contributed by atoms with Gasteiger partial charge in [-0.1, -0.05) is 5.21 Å². The average Bonchev–Trinajstić information content (AvgIpc) is 3.48. The number of anilines is 1. The third-order valence-corrected chi connectivity index (χ3v) is 5.76. The number of benzene rings is 1. The highest BCUT2D eigenvalue weighted by Gasteiger charge is 2.25. The second-order valence-electron chi connectivity index (χ2n) is 6.81. The lowest BCUT2D eigenvalue weighted by Gasteiger charge is -2.31.